The molecule has 1 aliphatic rings. The van der Waals surface area contributed by atoms with Crippen LogP contribution >= 0.6 is 7.29 Å². The van der Waals surface area contributed by atoms with Gasteiger partial charge in [0, 0.05) is 23.2 Å². The number of fused-ring (bicyclic) bond motifs is 1. The third kappa shape index (κ3) is 3.12. The van der Waals surface area contributed by atoms with Gasteiger partial charge in [0.1, 0.15) is 5.75 Å². The van der Waals surface area contributed by atoms with Gasteiger partial charge in [-0.1, -0.05) is 49.4 Å². The molecule has 0 radical (unpaired) electrons. The summed E-state index contributed by atoms with van der Waals surface area (Å²) in [5.41, 5.74) is 2.33. The van der Waals surface area contributed by atoms with E-state index in [0.717, 1.165) is 29.0 Å². The summed E-state index contributed by atoms with van der Waals surface area (Å²) in [7, 11) is -2.97. The van der Waals surface area contributed by atoms with E-state index in [0.29, 0.717) is 12.3 Å². The Bertz CT molecular complexity index is 929. The van der Waals surface area contributed by atoms with Crippen LogP contribution in [0.25, 0.3) is 0 Å². The van der Waals surface area contributed by atoms with Gasteiger partial charge in [0.05, 0.1) is 0 Å². The van der Waals surface area contributed by atoms with E-state index in [1.807, 2.05) is 72.8 Å². The van der Waals surface area contributed by atoms with E-state index in [4.69, 9.17) is 0 Å². The van der Waals surface area contributed by atoms with Crippen molar-refractivity contribution in [3.05, 3.63) is 90.0 Å². The first-order valence-electron chi connectivity index (χ1n) is 9.44. The fourth-order valence-electron chi connectivity index (χ4n) is 4.16. The summed E-state index contributed by atoms with van der Waals surface area (Å²) in [6.45, 7) is 2.84. The van der Waals surface area contributed by atoms with Crippen molar-refractivity contribution in [1.82, 2.24) is 4.67 Å². The molecule has 3 nitrogen and oxygen atoms in total. The molecule has 0 saturated carbocycles. The topological polar surface area (TPSA) is 40.5 Å². The minimum atomic E-state index is -2.97. The summed E-state index contributed by atoms with van der Waals surface area (Å²) in [4.78, 5) is 0. The second kappa shape index (κ2) is 7.34. The molecular formula is C23H24NO2P. The van der Waals surface area contributed by atoms with Crippen LogP contribution in [-0.2, 0) is 11.0 Å². The minimum Gasteiger partial charge on any atom is -0.508 e. The van der Waals surface area contributed by atoms with E-state index in [9.17, 15) is 9.67 Å². The van der Waals surface area contributed by atoms with Crippen molar-refractivity contribution in [3.8, 4) is 5.75 Å². The summed E-state index contributed by atoms with van der Waals surface area (Å²) in [6, 6.07) is 25.3. The lowest BCUT2D eigenvalue weighted by molar-refractivity contribution is 0.305. The number of hydrogen-bond acceptors (Lipinski definition) is 2. The van der Waals surface area contributed by atoms with Crippen molar-refractivity contribution < 1.29 is 9.67 Å². The van der Waals surface area contributed by atoms with E-state index < -0.39 is 7.29 Å². The number of phenols is 1. The van der Waals surface area contributed by atoms with Crippen LogP contribution in [0.3, 0.4) is 0 Å². The molecule has 1 unspecified atom stereocenters. The summed E-state index contributed by atoms with van der Waals surface area (Å²) < 4.78 is 16.9. The van der Waals surface area contributed by atoms with Gasteiger partial charge in [-0.15, -0.1) is 0 Å². The molecule has 0 aromatic heterocycles. The Balaban J connectivity index is 1.88. The molecule has 0 fully saturated rings. The molecule has 138 valence electrons. The molecule has 3 aromatic rings. The van der Waals surface area contributed by atoms with Gasteiger partial charge in [-0.3, -0.25) is 4.57 Å². The molecule has 1 atom stereocenters. The summed E-state index contributed by atoms with van der Waals surface area (Å²) in [5, 5.41) is 11.6. The van der Waals surface area contributed by atoms with Crippen LogP contribution in [0.15, 0.2) is 78.9 Å². The second-order valence-corrected chi connectivity index (χ2v) is 9.67. The van der Waals surface area contributed by atoms with E-state index in [2.05, 4.69) is 11.6 Å². The molecule has 0 saturated heterocycles. The van der Waals surface area contributed by atoms with Crippen LogP contribution in [-0.4, -0.2) is 16.3 Å². The van der Waals surface area contributed by atoms with Crippen molar-refractivity contribution in [2.75, 3.05) is 6.54 Å². The molecule has 0 bridgehead atoms. The van der Waals surface area contributed by atoms with Crippen molar-refractivity contribution in [2.45, 2.75) is 25.8 Å². The molecule has 0 amide bonds. The highest BCUT2D eigenvalue weighted by molar-refractivity contribution is 7.76. The van der Waals surface area contributed by atoms with Crippen LogP contribution in [0, 0.1) is 0 Å². The summed E-state index contributed by atoms with van der Waals surface area (Å²) in [6.07, 6.45) is 1.64. The predicted molar refractivity (Wildman–Crippen MR) is 111 cm³/mol. The van der Waals surface area contributed by atoms with Gasteiger partial charge in [0.15, 0.2) is 0 Å². The molecule has 4 heteroatoms. The maximum Gasteiger partial charge on any atom is 0.207 e. The number of hydrogen-bond donors (Lipinski definition) is 1. The summed E-state index contributed by atoms with van der Waals surface area (Å²) in [5.74, 6) is 0.298. The lowest BCUT2D eigenvalue weighted by Gasteiger charge is -2.42. The average molecular weight is 377 g/mol. The van der Waals surface area contributed by atoms with Gasteiger partial charge in [-0.25, -0.2) is 4.67 Å². The van der Waals surface area contributed by atoms with Crippen molar-refractivity contribution >= 4 is 17.9 Å². The molecule has 0 spiro atoms. The van der Waals surface area contributed by atoms with Crippen molar-refractivity contribution in [3.63, 3.8) is 0 Å². The first-order valence-corrected chi connectivity index (χ1v) is 11.1. The van der Waals surface area contributed by atoms with Crippen LogP contribution in [0.4, 0.5) is 0 Å². The molecule has 1 heterocycles. The van der Waals surface area contributed by atoms with Gasteiger partial charge in [-0.2, -0.15) is 0 Å². The van der Waals surface area contributed by atoms with Crippen LogP contribution in [0.1, 0.15) is 30.5 Å². The van der Waals surface area contributed by atoms with Crippen molar-refractivity contribution in [1.29, 1.82) is 0 Å². The predicted octanol–water partition coefficient (Wildman–Crippen LogP) is 4.63. The Morgan fingerprint density at radius 3 is 2.11 bits per heavy atom. The van der Waals surface area contributed by atoms with E-state index in [-0.39, 0.29) is 6.04 Å². The monoisotopic (exact) mass is 377 g/mol. The third-order valence-electron chi connectivity index (χ3n) is 5.42. The summed E-state index contributed by atoms with van der Waals surface area (Å²) >= 11 is 0. The maximum atomic E-state index is 14.7. The normalized spacial score (nSPS) is 17.4. The smallest absolute Gasteiger partial charge is 0.207 e. The molecule has 0 aliphatic carbocycles. The first-order chi connectivity index (χ1) is 13.1. The number of phenolic OH excluding ortho intramolecular Hbond substituents is 1. The second-order valence-electron chi connectivity index (χ2n) is 6.97. The molecule has 3 aromatic carbocycles. The number of benzene rings is 3. The van der Waals surface area contributed by atoms with Gasteiger partial charge in [-0.05, 0) is 60.4 Å². The third-order valence-corrected chi connectivity index (χ3v) is 8.61. The largest absolute Gasteiger partial charge is 0.508 e. The number of rotatable bonds is 4. The highest BCUT2D eigenvalue weighted by atomic mass is 31.2. The Kier molecular flexibility index (Phi) is 4.90. The Labute approximate surface area is 160 Å². The molecule has 1 N–H and O–H groups in total. The zero-order chi connectivity index (χ0) is 18.9. The molecule has 4 rings (SSSR count). The number of aromatic hydroxyl groups is 1. The Hall–Kier alpha value is -2.35. The van der Waals surface area contributed by atoms with E-state index in [1.165, 1.54) is 5.56 Å². The van der Waals surface area contributed by atoms with Crippen LogP contribution < -0.4 is 10.6 Å². The lowest BCUT2D eigenvalue weighted by Crippen LogP contribution is -2.39. The molecule has 1 aliphatic heterocycles. The zero-order valence-electron chi connectivity index (χ0n) is 15.5. The minimum absolute atomic E-state index is 0.0561. The van der Waals surface area contributed by atoms with Gasteiger partial charge in [0.2, 0.25) is 7.29 Å². The first kappa shape index (κ1) is 18.0. The van der Waals surface area contributed by atoms with Crippen molar-refractivity contribution in [2.24, 2.45) is 0 Å². The zero-order valence-corrected chi connectivity index (χ0v) is 16.3. The lowest BCUT2D eigenvalue weighted by atomic mass is 9.93. The van der Waals surface area contributed by atoms with Crippen LogP contribution in [0.2, 0.25) is 0 Å². The highest BCUT2D eigenvalue weighted by Crippen LogP contribution is 2.54. The van der Waals surface area contributed by atoms with Gasteiger partial charge in [0.25, 0.3) is 0 Å². The highest BCUT2D eigenvalue weighted by Gasteiger charge is 2.41. The molecular weight excluding hydrogens is 353 g/mol. The van der Waals surface area contributed by atoms with Crippen LogP contribution in [0.5, 0.6) is 5.75 Å². The average Bonchev–Trinajstić information content (AvgIpc) is 2.73. The quantitative estimate of drug-likeness (QED) is 0.674. The Morgan fingerprint density at radius 1 is 0.963 bits per heavy atom. The SMILES string of the molecule is CCC1c2ccc(O)cc2CCN1P(=O)(c1ccccc1)c1ccccc1. The van der Waals surface area contributed by atoms with E-state index in [1.54, 1.807) is 6.07 Å². The van der Waals surface area contributed by atoms with Gasteiger partial charge >= 0.3 is 0 Å². The standard InChI is InChI=1S/C23H24NO2P/c1-2-23-22-14-13-19(25)17-18(22)15-16-24(23)27(26,20-9-5-3-6-10-20)21-11-7-4-8-12-21/h3-14,17,23,25H,2,15-16H2,1H3. The van der Waals surface area contributed by atoms with Gasteiger partial charge < -0.3 is 5.11 Å². The Morgan fingerprint density at radius 2 is 1.56 bits per heavy atom. The molecule has 27 heavy (non-hydrogen) atoms. The maximum absolute atomic E-state index is 14.7. The fraction of sp³-hybridized carbons (Fsp3) is 0.217. The van der Waals surface area contributed by atoms with E-state index >= 15 is 0 Å². The number of nitrogens with zero attached hydrogens (tertiary/aromatic N) is 1. The fourth-order valence-corrected chi connectivity index (χ4v) is 7.26.